The van der Waals surface area contributed by atoms with Gasteiger partial charge in [0.05, 0.1) is 18.9 Å². The first-order chi connectivity index (χ1) is 18.7. The quantitative estimate of drug-likeness (QED) is 0.368. The van der Waals surface area contributed by atoms with E-state index < -0.39 is 41.5 Å². The van der Waals surface area contributed by atoms with Gasteiger partial charge in [0.2, 0.25) is 5.91 Å². The number of hydrogen-bond acceptors (Lipinski definition) is 5. The summed E-state index contributed by atoms with van der Waals surface area (Å²) in [5.41, 5.74) is 1.37. The molecule has 1 aliphatic rings. The molecule has 0 spiro atoms. The maximum atomic E-state index is 14.8. The van der Waals surface area contributed by atoms with Crippen LogP contribution in [-0.2, 0) is 16.0 Å². The Morgan fingerprint density at radius 1 is 1.15 bits per heavy atom. The molecule has 206 valence electrons. The molecule has 2 aromatic carbocycles. The monoisotopic (exact) mass is 542 g/mol. The number of nitrogens with zero attached hydrogens (tertiary/aromatic N) is 2. The molecular formula is C28H29F3N4O4. The normalized spacial score (nSPS) is 17.8. The minimum absolute atomic E-state index is 0.157. The van der Waals surface area contributed by atoms with Gasteiger partial charge >= 0.3 is 6.09 Å². The fourth-order valence-corrected chi connectivity index (χ4v) is 4.57. The van der Waals surface area contributed by atoms with E-state index in [1.807, 2.05) is 0 Å². The van der Waals surface area contributed by atoms with Gasteiger partial charge in [0.1, 0.15) is 23.6 Å². The van der Waals surface area contributed by atoms with Crippen molar-refractivity contribution in [2.75, 3.05) is 25.5 Å². The van der Waals surface area contributed by atoms with Gasteiger partial charge in [-0.3, -0.25) is 20.0 Å². The predicted molar refractivity (Wildman–Crippen MR) is 138 cm³/mol. The van der Waals surface area contributed by atoms with Crippen LogP contribution in [0.3, 0.4) is 0 Å². The summed E-state index contributed by atoms with van der Waals surface area (Å²) in [6.07, 6.45) is 1.17. The molecule has 4 rings (SSSR count). The molecule has 0 saturated carbocycles. The predicted octanol–water partition coefficient (Wildman–Crippen LogP) is 4.52. The van der Waals surface area contributed by atoms with E-state index in [1.165, 1.54) is 55.7 Å². The standard InChI is InChI=1S/C28H29F3N4O4/c1-35(28(37)38)26-16-39-19(14-33-26)9-10-21-23(30)3-2-4-25(21)34-27(36)13-22(17-5-7-18(29)8-6-17)20-11-12-32-15-24(20)31/h2-8,11-12,15,19,22,26,33H,9-10,13-14,16H2,1H3,(H,34,36)(H,37,38)/t19-,22+,26+/m1/s1. The number of amides is 2. The van der Waals surface area contributed by atoms with Crippen LogP contribution in [0.1, 0.15) is 35.4 Å². The van der Waals surface area contributed by atoms with Crippen molar-refractivity contribution in [1.29, 1.82) is 0 Å². The Hall–Kier alpha value is -3.96. The van der Waals surface area contributed by atoms with Gasteiger partial charge in [-0.1, -0.05) is 18.2 Å². The molecule has 1 aliphatic heterocycles. The van der Waals surface area contributed by atoms with E-state index in [4.69, 9.17) is 9.84 Å². The van der Waals surface area contributed by atoms with Gasteiger partial charge in [0.15, 0.2) is 0 Å². The van der Waals surface area contributed by atoms with Crippen molar-refractivity contribution in [3.05, 3.63) is 95.1 Å². The van der Waals surface area contributed by atoms with Crippen LogP contribution in [0.5, 0.6) is 0 Å². The molecule has 39 heavy (non-hydrogen) atoms. The summed E-state index contributed by atoms with van der Waals surface area (Å²) in [4.78, 5) is 29.2. The molecule has 3 atom stereocenters. The van der Waals surface area contributed by atoms with Gasteiger partial charge in [-0.25, -0.2) is 18.0 Å². The third kappa shape index (κ3) is 7.12. The molecule has 3 N–H and O–H groups in total. The number of hydrogen-bond donors (Lipinski definition) is 3. The molecular weight excluding hydrogens is 513 g/mol. The highest BCUT2D eigenvalue weighted by Gasteiger charge is 2.27. The van der Waals surface area contributed by atoms with Crippen LogP contribution in [0.4, 0.5) is 23.7 Å². The van der Waals surface area contributed by atoms with Gasteiger partial charge in [-0.15, -0.1) is 0 Å². The number of likely N-dealkylation sites (N-methyl/N-ethyl adjacent to an activating group) is 1. The first-order valence-electron chi connectivity index (χ1n) is 12.5. The molecule has 1 fully saturated rings. The van der Waals surface area contributed by atoms with Gasteiger partial charge in [-0.05, 0) is 54.3 Å². The van der Waals surface area contributed by atoms with Crippen LogP contribution in [0.25, 0.3) is 0 Å². The zero-order valence-corrected chi connectivity index (χ0v) is 21.2. The summed E-state index contributed by atoms with van der Waals surface area (Å²) in [6.45, 7) is 0.542. The number of halogens is 3. The lowest BCUT2D eigenvalue weighted by Gasteiger charge is -2.34. The number of pyridine rings is 1. The number of morpholine rings is 1. The molecule has 3 aromatic rings. The number of carboxylic acid groups (broad SMARTS) is 1. The van der Waals surface area contributed by atoms with Crippen LogP contribution in [0.15, 0.2) is 60.9 Å². The van der Waals surface area contributed by atoms with Crippen molar-refractivity contribution in [3.8, 4) is 0 Å². The first-order valence-corrected chi connectivity index (χ1v) is 12.5. The van der Waals surface area contributed by atoms with Crippen LogP contribution >= 0.6 is 0 Å². The van der Waals surface area contributed by atoms with Crippen LogP contribution in [0, 0.1) is 17.5 Å². The smallest absolute Gasteiger partial charge is 0.408 e. The van der Waals surface area contributed by atoms with Crippen LogP contribution < -0.4 is 10.6 Å². The van der Waals surface area contributed by atoms with E-state index in [1.54, 1.807) is 6.07 Å². The molecule has 0 unspecified atom stereocenters. The Bertz CT molecular complexity index is 1300. The highest BCUT2D eigenvalue weighted by atomic mass is 19.1. The average molecular weight is 543 g/mol. The Labute approximate surface area is 223 Å². The van der Waals surface area contributed by atoms with Crippen molar-refractivity contribution in [2.45, 2.75) is 37.5 Å². The second-order valence-electron chi connectivity index (χ2n) is 9.33. The van der Waals surface area contributed by atoms with Gasteiger partial charge in [-0.2, -0.15) is 0 Å². The molecule has 0 bridgehead atoms. The summed E-state index contributed by atoms with van der Waals surface area (Å²) in [5.74, 6) is -2.73. The highest BCUT2D eigenvalue weighted by molar-refractivity contribution is 5.92. The lowest BCUT2D eigenvalue weighted by atomic mass is 9.88. The molecule has 2 amide bonds. The zero-order chi connectivity index (χ0) is 27.9. The summed E-state index contributed by atoms with van der Waals surface area (Å²) >= 11 is 0. The van der Waals surface area contributed by atoms with E-state index in [2.05, 4.69) is 15.6 Å². The summed E-state index contributed by atoms with van der Waals surface area (Å²) in [5, 5.41) is 15.0. The maximum Gasteiger partial charge on any atom is 0.408 e. The fraction of sp³-hybridized carbons (Fsp3) is 0.321. The number of benzene rings is 2. The summed E-state index contributed by atoms with van der Waals surface area (Å²) in [7, 11) is 1.45. The number of aromatic nitrogens is 1. The second kappa shape index (κ2) is 12.7. The number of anilines is 1. The van der Waals surface area contributed by atoms with Crippen LogP contribution in [0.2, 0.25) is 0 Å². The van der Waals surface area contributed by atoms with Gasteiger partial charge < -0.3 is 15.2 Å². The van der Waals surface area contributed by atoms with Crippen molar-refractivity contribution in [1.82, 2.24) is 15.2 Å². The van der Waals surface area contributed by atoms with E-state index >= 15 is 0 Å². The lowest BCUT2D eigenvalue weighted by molar-refractivity contribution is -0.116. The van der Waals surface area contributed by atoms with E-state index in [0.717, 1.165) is 11.1 Å². The molecule has 1 saturated heterocycles. The zero-order valence-electron chi connectivity index (χ0n) is 21.2. The Morgan fingerprint density at radius 3 is 2.59 bits per heavy atom. The number of carbonyl (C=O) groups is 2. The minimum Gasteiger partial charge on any atom is -0.465 e. The van der Waals surface area contributed by atoms with Gasteiger partial charge in [0.25, 0.3) is 0 Å². The van der Waals surface area contributed by atoms with Crippen molar-refractivity contribution < 1.29 is 32.6 Å². The number of rotatable bonds is 9. The van der Waals surface area contributed by atoms with E-state index in [-0.39, 0.29) is 31.1 Å². The average Bonchev–Trinajstić information content (AvgIpc) is 2.92. The van der Waals surface area contributed by atoms with Crippen molar-refractivity contribution >= 4 is 17.7 Å². The number of carbonyl (C=O) groups excluding carboxylic acids is 1. The molecule has 0 radical (unpaired) electrons. The van der Waals surface area contributed by atoms with Crippen molar-refractivity contribution in [3.63, 3.8) is 0 Å². The molecule has 1 aromatic heterocycles. The fourth-order valence-electron chi connectivity index (χ4n) is 4.57. The lowest BCUT2D eigenvalue weighted by Crippen LogP contribution is -2.55. The first kappa shape index (κ1) is 28.1. The number of nitrogens with one attached hydrogen (secondary N) is 2. The minimum atomic E-state index is -1.07. The topological polar surface area (TPSA) is 104 Å². The van der Waals surface area contributed by atoms with Crippen LogP contribution in [-0.4, -0.2) is 59.5 Å². The largest absolute Gasteiger partial charge is 0.465 e. The third-order valence-corrected chi connectivity index (χ3v) is 6.79. The van der Waals surface area contributed by atoms with E-state index in [0.29, 0.717) is 29.8 Å². The number of ether oxygens (including phenoxy) is 1. The van der Waals surface area contributed by atoms with E-state index in [9.17, 15) is 22.8 Å². The summed E-state index contributed by atoms with van der Waals surface area (Å²) in [6, 6.07) is 11.3. The Kier molecular flexibility index (Phi) is 9.15. The molecule has 11 heteroatoms. The van der Waals surface area contributed by atoms with Crippen molar-refractivity contribution in [2.24, 2.45) is 0 Å². The molecule has 8 nitrogen and oxygen atoms in total. The Morgan fingerprint density at radius 2 is 1.92 bits per heavy atom. The molecule has 0 aliphatic carbocycles. The third-order valence-electron chi connectivity index (χ3n) is 6.79. The summed E-state index contributed by atoms with van der Waals surface area (Å²) < 4.78 is 48.7. The maximum absolute atomic E-state index is 14.8. The Balaban J connectivity index is 1.44. The molecule has 2 heterocycles. The SMILES string of the molecule is CN(C(=O)O)[C@H]1CO[C@H](CCc2c(F)cccc2NC(=O)C[C@@H](c2ccc(F)cc2)c2ccncc2F)CN1. The van der Waals surface area contributed by atoms with Gasteiger partial charge in [0, 0.05) is 43.4 Å². The highest BCUT2D eigenvalue weighted by Crippen LogP contribution is 2.31. The second-order valence-corrected chi connectivity index (χ2v) is 9.33.